The molecule has 1 unspecified atom stereocenters. The van der Waals surface area contributed by atoms with Crippen LogP contribution in [0.4, 0.5) is 0 Å². The topological polar surface area (TPSA) is 88.5 Å². The molecular formula is C14H18N2O4. The molecule has 1 aromatic rings. The lowest BCUT2D eigenvalue weighted by Crippen LogP contribution is -2.45. The third kappa shape index (κ3) is 3.54. The summed E-state index contributed by atoms with van der Waals surface area (Å²) in [4.78, 5) is 26.7. The maximum absolute atomic E-state index is 12.1. The Hall–Kier alpha value is -1.95. The number of carbonyl (C=O) groups excluding carboxylic acids is 1. The van der Waals surface area contributed by atoms with Gasteiger partial charge in [0.1, 0.15) is 5.69 Å². The predicted molar refractivity (Wildman–Crippen MR) is 71.7 cm³/mol. The van der Waals surface area contributed by atoms with Crippen LogP contribution in [-0.4, -0.2) is 40.2 Å². The largest absolute Gasteiger partial charge is 0.477 e. The van der Waals surface area contributed by atoms with Crippen molar-refractivity contribution in [3.63, 3.8) is 0 Å². The summed E-state index contributed by atoms with van der Waals surface area (Å²) in [6.07, 6.45) is 2.81. The number of carboxylic acids is 1. The van der Waals surface area contributed by atoms with Gasteiger partial charge < -0.3 is 15.2 Å². The van der Waals surface area contributed by atoms with Crippen LogP contribution in [0.15, 0.2) is 18.3 Å². The molecule has 0 aliphatic carbocycles. The van der Waals surface area contributed by atoms with Gasteiger partial charge in [-0.2, -0.15) is 0 Å². The maximum atomic E-state index is 12.1. The average molecular weight is 278 g/mol. The van der Waals surface area contributed by atoms with Gasteiger partial charge in [-0.05, 0) is 38.8 Å². The van der Waals surface area contributed by atoms with Crippen molar-refractivity contribution in [3.05, 3.63) is 29.6 Å². The molecule has 1 aromatic heterocycles. The van der Waals surface area contributed by atoms with Gasteiger partial charge in [0.15, 0.2) is 0 Å². The van der Waals surface area contributed by atoms with E-state index in [-0.39, 0.29) is 23.2 Å². The molecule has 6 heteroatoms. The van der Waals surface area contributed by atoms with Crippen LogP contribution in [0.3, 0.4) is 0 Å². The Labute approximate surface area is 117 Å². The molecule has 0 spiro atoms. The van der Waals surface area contributed by atoms with Crippen LogP contribution in [0, 0.1) is 0 Å². The minimum atomic E-state index is -1.15. The summed E-state index contributed by atoms with van der Waals surface area (Å²) in [5, 5.41) is 11.8. The molecule has 2 rings (SSSR count). The van der Waals surface area contributed by atoms with Gasteiger partial charge in [0.05, 0.1) is 5.60 Å². The number of rotatable bonds is 3. The van der Waals surface area contributed by atoms with E-state index in [0.29, 0.717) is 12.2 Å². The third-order valence-electron chi connectivity index (χ3n) is 3.27. The fourth-order valence-electron chi connectivity index (χ4n) is 2.31. The van der Waals surface area contributed by atoms with E-state index in [0.717, 1.165) is 12.8 Å². The molecule has 1 amide bonds. The van der Waals surface area contributed by atoms with E-state index < -0.39 is 5.97 Å². The molecular weight excluding hydrogens is 260 g/mol. The lowest BCUT2D eigenvalue weighted by molar-refractivity contribution is -0.0615. The van der Waals surface area contributed by atoms with Crippen LogP contribution in [0.2, 0.25) is 0 Å². The second kappa shape index (κ2) is 5.58. The van der Waals surface area contributed by atoms with Crippen molar-refractivity contribution in [3.8, 4) is 0 Å². The highest BCUT2D eigenvalue weighted by Crippen LogP contribution is 2.24. The normalized spacial score (nSPS) is 21.2. The van der Waals surface area contributed by atoms with Crippen LogP contribution in [0.5, 0.6) is 0 Å². The number of hydrogen-bond acceptors (Lipinski definition) is 4. The molecule has 108 valence electrons. The van der Waals surface area contributed by atoms with E-state index in [4.69, 9.17) is 9.84 Å². The molecule has 1 saturated heterocycles. The number of ether oxygens (including phenoxy) is 1. The SMILES string of the molecule is CC1(C)CC(NC(=O)c2ccnc(C(=O)O)c2)CCO1. The molecule has 1 atom stereocenters. The molecule has 20 heavy (non-hydrogen) atoms. The summed E-state index contributed by atoms with van der Waals surface area (Å²) in [6.45, 7) is 4.58. The van der Waals surface area contributed by atoms with E-state index in [9.17, 15) is 9.59 Å². The Morgan fingerprint density at radius 1 is 1.50 bits per heavy atom. The second-order valence-electron chi connectivity index (χ2n) is 5.51. The van der Waals surface area contributed by atoms with Gasteiger partial charge in [-0.15, -0.1) is 0 Å². The molecule has 6 nitrogen and oxygen atoms in total. The van der Waals surface area contributed by atoms with Crippen molar-refractivity contribution in [2.45, 2.75) is 38.3 Å². The number of carbonyl (C=O) groups is 2. The maximum Gasteiger partial charge on any atom is 0.354 e. The number of carboxylic acid groups (broad SMARTS) is 1. The zero-order chi connectivity index (χ0) is 14.8. The van der Waals surface area contributed by atoms with E-state index in [1.54, 1.807) is 0 Å². The average Bonchev–Trinajstić information content (AvgIpc) is 2.37. The van der Waals surface area contributed by atoms with Gasteiger partial charge >= 0.3 is 5.97 Å². The van der Waals surface area contributed by atoms with Crippen LogP contribution in [0.1, 0.15) is 47.5 Å². The third-order valence-corrected chi connectivity index (χ3v) is 3.27. The first-order valence-electron chi connectivity index (χ1n) is 6.51. The molecule has 1 aliphatic rings. The minimum Gasteiger partial charge on any atom is -0.477 e. The van der Waals surface area contributed by atoms with Gasteiger partial charge in [-0.25, -0.2) is 9.78 Å². The standard InChI is InChI=1S/C14H18N2O4/c1-14(2)8-10(4-6-20-14)16-12(17)9-3-5-15-11(7-9)13(18)19/h3,5,7,10H,4,6,8H2,1-2H3,(H,16,17)(H,18,19). The van der Waals surface area contributed by atoms with Crippen LogP contribution >= 0.6 is 0 Å². The molecule has 0 radical (unpaired) electrons. The lowest BCUT2D eigenvalue weighted by atomic mass is 9.94. The summed E-state index contributed by atoms with van der Waals surface area (Å²) < 4.78 is 5.59. The fourth-order valence-corrected chi connectivity index (χ4v) is 2.31. The van der Waals surface area contributed by atoms with Gasteiger partial charge in [0.25, 0.3) is 5.91 Å². The smallest absolute Gasteiger partial charge is 0.354 e. The molecule has 1 fully saturated rings. The van der Waals surface area contributed by atoms with Crippen molar-refractivity contribution >= 4 is 11.9 Å². The van der Waals surface area contributed by atoms with Crippen molar-refractivity contribution in [1.29, 1.82) is 0 Å². The van der Waals surface area contributed by atoms with E-state index in [1.807, 2.05) is 13.8 Å². The van der Waals surface area contributed by atoms with E-state index >= 15 is 0 Å². The number of pyridine rings is 1. The predicted octanol–water partition coefficient (Wildman–Crippen LogP) is 1.47. The summed E-state index contributed by atoms with van der Waals surface area (Å²) in [6, 6.07) is 2.82. The number of nitrogens with zero attached hydrogens (tertiary/aromatic N) is 1. The summed E-state index contributed by atoms with van der Waals surface area (Å²) >= 11 is 0. The Bertz CT molecular complexity index is 528. The highest BCUT2D eigenvalue weighted by molar-refractivity contribution is 5.96. The number of aromatic nitrogens is 1. The van der Waals surface area contributed by atoms with Gasteiger partial charge in [-0.1, -0.05) is 0 Å². The Morgan fingerprint density at radius 3 is 2.90 bits per heavy atom. The number of nitrogens with one attached hydrogen (secondary N) is 1. The van der Waals surface area contributed by atoms with Gasteiger partial charge in [0.2, 0.25) is 0 Å². The van der Waals surface area contributed by atoms with Gasteiger partial charge in [0, 0.05) is 24.4 Å². The van der Waals surface area contributed by atoms with Crippen LogP contribution in [-0.2, 0) is 4.74 Å². The summed E-state index contributed by atoms with van der Waals surface area (Å²) in [7, 11) is 0. The number of hydrogen-bond donors (Lipinski definition) is 2. The number of amides is 1. The molecule has 2 N–H and O–H groups in total. The quantitative estimate of drug-likeness (QED) is 0.874. The Kier molecular flexibility index (Phi) is 4.04. The Morgan fingerprint density at radius 2 is 2.25 bits per heavy atom. The van der Waals surface area contributed by atoms with Crippen molar-refractivity contribution in [1.82, 2.24) is 10.3 Å². The van der Waals surface area contributed by atoms with E-state index in [2.05, 4.69) is 10.3 Å². The molecule has 0 aromatic carbocycles. The Balaban J connectivity index is 2.05. The first-order valence-corrected chi connectivity index (χ1v) is 6.51. The van der Waals surface area contributed by atoms with E-state index in [1.165, 1.54) is 18.3 Å². The van der Waals surface area contributed by atoms with Crippen molar-refractivity contribution in [2.75, 3.05) is 6.61 Å². The molecule has 0 bridgehead atoms. The summed E-state index contributed by atoms with van der Waals surface area (Å²) in [5.74, 6) is -1.43. The van der Waals surface area contributed by atoms with Crippen LogP contribution in [0.25, 0.3) is 0 Å². The zero-order valence-corrected chi connectivity index (χ0v) is 11.5. The first kappa shape index (κ1) is 14.5. The lowest BCUT2D eigenvalue weighted by Gasteiger charge is -2.35. The van der Waals surface area contributed by atoms with Crippen molar-refractivity contribution < 1.29 is 19.4 Å². The zero-order valence-electron chi connectivity index (χ0n) is 11.5. The monoisotopic (exact) mass is 278 g/mol. The molecule has 0 saturated carbocycles. The minimum absolute atomic E-state index is 0.0349. The summed E-state index contributed by atoms with van der Waals surface area (Å²) in [5.41, 5.74) is -0.0765. The van der Waals surface area contributed by atoms with Crippen molar-refractivity contribution in [2.24, 2.45) is 0 Å². The highest BCUT2D eigenvalue weighted by Gasteiger charge is 2.29. The first-order chi connectivity index (χ1) is 9.37. The second-order valence-corrected chi connectivity index (χ2v) is 5.51. The molecule has 2 heterocycles. The number of aromatic carboxylic acids is 1. The van der Waals surface area contributed by atoms with Gasteiger partial charge in [-0.3, -0.25) is 4.79 Å². The molecule has 1 aliphatic heterocycles. The fraction of sp³-hybridized carbons (Fsp3) is 0.500. The van der Waals surface area contributed by atoms with Crippen LogP contribution < -0.4 is 5.32 Å². The highest BCUT2D eigenvalue weighted by atomic mass is 16.5.